The Morgan fingerprint density at radius 1 is 1.50 bits per heavy atom. The van der Waals surface area contributed by atoms with Crippen LogP contribution >= 0.6 is 22.9 Å². The second kappa shape index (κ2) is 5.74. The fourth-order valence-corrected chi connectivity index (χ4v) is 2.58. The summed E-state index contributed by atoms with van der Waals surface area (Å²) in [6.45, 7) is 1.49. The Morgan fingerprint density at radius 2 is 2.20 bits per heavy atom. The average Bonchev–Trinajstić information content (AvgIpc) is 2.77. The summed E-state index contributed by atoms with van der Waals surface area (Å²) in [4.78, 5) is 10.7. The minimum atomic E-state index is -0.847. The van der Waals surface area contributed by atoms with Crippen LogP contribution in [0.5, 0.6) is 10.8 Å². The maximum Gasteiger partial charge on any atom is 0.323 e. The number of aliphatic hydroxyl groups excluding tert-OH is 1. The number of aliphatic hydroxyl groups is 1. The summed E-state index contributed by atoms with van der Waals surface area (Å²) in [5, 5.41) is 20.4. The van der Waals surface area contributed by atoms with Crippen molar-refractivity contribution in [2.75, 3.05) is 0 Å². The second-order valence-corrected chi connectivity index (χ2v) is 5.38. The van der Waals surface area contributed by atoms with Gasteiger partial charge in [-0.2, -0.15) is 0 Å². The number of thiophene rings is 1. The average molecular weight is 318 g/mol. The third kappa shape index (κ3) is 3.06. The number of nitrogens with zero attached hydrogens (tertiary/aromatic N) is 1. The Hall–Kier alpha value is -1.70. The van der Waals surface area contributed by atoms with E-state index in [9.17, 15) is 19.6 Å². The van der Waals surface area contributed by atoms with E-state index in [2.05, 4.69) is 0 Å². The monoisotopic (exact) mass is 317 g/mol. The van der Waals surface area contributed by atoms with E-state index < -0.39 is 16.8 Å². The van der Waals surface area contributed by atoms with E-state index in [4.69, 9.17) is 16.3 Å². The van der Waals surface area contributed by atoms with E-state index in [-0.39, 0.29) is 21.5 Å². The minimum Gasteiger partial charge on any atom is -0.438 e. The Labute approximate surface area is 122 Å². The van der Waals surface area contributed by atoms with Crippen LogP contribution in [0, 0.1) is 15.9 Å². The van der Waals surface area contributed by atoms with Gasteiger partial charge in [0.2, 0.25) is 0 Å². The molecule has 1 N–H and O–H groups in total. The fraction of sp³-hybridized carbons (Fsp3) is 0.167. The van der Waals surface area contributed by atoms with Gasteiger partial charge in [0.25, 0.3) is 5.06 Å². The van der Waals surface area contributed by atoms with Gasteiger partial charge in [0, 0.05) is 10.9 Å². The van der Waals surface area contributed by atoms with Crippen molar-refractivity contribution in [2.24, 2.45) is 0 Å². The van der Waals surface area contributed by atoms with E-state index in [1.54, 1.807) is 0 Å². The molecule has 0 bridgehead atoms. The lowest BCUT2D eigenvalue weighted by Crippen LogP contribution is -1.90. The van der Waals surface area contributed by atoms with Crippen molar-refractivity contribution < 1.29 is 19.2 Å². The molecular weight excluding hydrogens is 309 g/mol. The highest BCUT2D eigenvalue weighted by Gasteiger charge is 2.23. The van der Waals surface area contributed by atoms with Crippen molar-refractivity contribution >= 4 is 28.6 Å². The zero-order valence-corrected chi connectivity index (χ0v) is 11.7. The van der Waals surface area contributed by atoms with Gasteiger partial charge >= 0.3 is 5.69 Å². The lowest BCUT2D eigenvalue weighted by atomic mass is 10.3. The van der Waals surface area contributed by atoms with Gasteiger partial charge in [0.05, 0.1) is 16.0 Å². The molecule has 0 unspecified atom stereocenters. The van der Waals surface area contributed by atoms with Crippen molar-refractivity contribution in [3.05, 3.63) is 50.1 Å². The van der Waals surface area contributed by atoms with E-state index >= 15 is 0 Å². The molecule has 5 nitrogen and oxygen atoms in total. The van der Waals surface area contributed by atoms with Gasteiger partial charge in [-0.25, -0.2) is 4.39 Å². The standard InChI is InChI=1S/C12H9ClFNO4S/c1-6(16)11-5-9(15(17)18)12(20-11)19-10-3-2-7(14)4-8(10)13/h2-6,16H,1H3/t6-/m0/s1. The maximum absolute atomic E-state index is 12.9. The highest BCUT2D eigenvalue weighted by molar-refractivity contribution is 7.14. The number of rotatable bonds is 4. The molecule has 0 saturated carbocycles. The largest absolute Gasteiger partial charge is 0.438 e. The molecule has 0 saturated heterocycles. The van der Waals surface area contributed by atoms with Gasteiger partial charge in [-0.1, -0.05) is 22.9 Å². The molecule has 0 amide bonds. The first kappa shape index (κ1) is 14.7. The van der Waals surface area contributed by atoms with Crippen molar-refractivity contribution in [1.82, 2.24) is 0 Å². The highest BCUT2D eigenvalue weighted by atomic mass is 35.5. The summed E-state index contributed by atoms with van der Waals surface area (Å²) in [6, 6.07) is 4.70. The zero-order chi connectivity index (χ0) is 14.9. The predicted molar refractivity (Wildman–Crippen MR) is 73.1 cm³/mol. The van der Waals surface area contributed by atoms with Crippen molar-refractivity contribution in [3.8, 4) is 10.8 Å². The Morgan fingerprint density at radius 3 is 2.75 bits per heavy atom. The van der Waals surface area contributed by atoms with Crippen LogP contribution in [0.4, 0.5) is 10.1 Å². The first-order valence-corrected chi connectivity index (χ1v) is 6.67. The number of benzene rings is 1. The molecule has 0 aliphatic carbocycles. The highest BCUT2D eigenvalue weighted by Crippen LogP contribution is 2.43. The Bertz CT molecular complexity index is 659. The van der Waals surface area contributed by atoms with Crippen molar-refractivity contribution in [3.63, 3.8) is 0 Å². The van der Waals surface area contributed by atoms with Crippen LogP contribution in [-0.2, 0) is 0 Å². The normalized spacial score (nSPS) is 12.2. The van der Waals surface area contributed by atoms with Gasteiger partial charge < -0.3 is 9.84 Å². The number of ether oxygens (including phenoxy) is 1. The number of halogens is 2. The zero-order valence-electron chi connectivity index (χ0n) is 10.2. The topological polar surface area (TPSA) is 72.6 Å². The lowest BCUT2D eigenvalue weighted by Gasteiger charge is -2.04. The third-order valence-electron chi connectivity index (χ3n) is 2.40. The molecule has 0 aliphatic rings. The smallest absolute Gasteiger partial charge is 0.323 e. The quantitative estimate of drug-likeness (QED) is 0.674. The first-order chi connectivity index (χ1) is 9.38. The summed E-state index contributed by atoms with van der Waals surface area (Å²) in [5.74, 6) is -0.428. The van der Waals surface area contributed by atoms with Crippen LogP contribution in [0.3, 0.4) is 0 Å². The van der Waals surface area contributed by atoms with Gasteiger partial charge in [-0.15, -0.1) is 0 Å². The molecule has 0 fully saturated rings. The maximum atomic E-state index is 12.9. The summed E-state index contributed by atoms with van der Waals surface area (Å²) < 4.78 is 18.3. The molecule has 106 valence electrons. The molecule has 1 heterocycles. The first-order valence-electron chi connectivity index (χ1n) is 5.47. The van der Waals surface area contributed by atoms with Crippen LogP contribution in [0.25, 0.3) is 0 Å². The molecular formula is C12H9ClFNO4S. The van der Waals surface area contributed by atoms with Gasteiger partial charge in [0.15, 0.2) is 0 Å². The Balaban J connectivity index is 2.39. The molecule has 20 heavy (non-hydrogen) atoms. The molecule has 1 atom stereocenters. The van der Waals surface area contributed by atoms with Crippen LogP contribution in [0.1, 0.15) is 17.9 Å². The number of nitro groups is 1. The van der Waals surface area contributed by atoms with Gasteiger partial charge in [0.1, 0.15) is 11.6 Å². The molecule has 2 aromatic rings. The molecule has 0 spiro atoms. The van der Waals surface area contributed by atoms with Crippen molar-refractivity contribution in [2.45, 2.75) is 13.0 Å². The lowest BCUT2D eigenvalue weighted by molar-refractivity contribution is -0.385. The van der Waals surface area contributed by atoms with Crippen LogP contribution in [0.15, 0.2) is 24.3 Å². The number of hydrogen-bond donors (Lipinski definition) is 1. The molecule has 2 rings (SSSR count). The summed E-state index contributed by atoms with van der Waals surface area (Å²) in [5.41, 5.74) is -0.272. The van der Waals surface area contributed by atoms with Crippen LogP contribution < -0.4 is 4.74 Å². The van der Waals surface area contributed by atoms with E-state index in [1.165, 1.54) is 19.1 Å². The molecule has 8 heteroatoms. The second-order valence-electron chi connectivity index (χ2n) is 3.93. The van der Waals surface area contributed by atoms with Crippen molar-refractivity contribution in [1.29, 1.82) is 0 Å². The third-order valence-corrected chi connectivity index (χ3v) is 3.87. The minimum absolute atomic E-state index is 0.00583. The molecule has 0 radical (unpaired) electrons. The van der Waals surface area contributed by atoms with Gasteiger partial charge in [-0.3, -0.25) is 10.1 Å². The fourth-order valence-electron chi connectivity index (χ4n) is 1.45. The van der Waals surface area contributed by atoms with E-state index in [0.29, 0.717) is 4.88 Å². The number of hydrogen-bond acceptors (Lipinski definition) is 5. The molecule has 0 aliphatic heterocycles. The van der Waals surface area contributed by atoms with Gasteiger partial charge in [-0.05, 0) is 25.1 Å². The van der Waals surface area contributed by atoms with E-state index in [0.717, 1.165) is 23.5 Å². The predicted octanol–water partition coefficient (Wildman–Crippen LogP) is 4.29. The Kier molecular flexibility index (Phi) is 4.22. The van der Waals surface area contributed by atoms with E-state index in [1.807, 2.05) is 0 Å². The summed E-state index contributed by atoms with van der Waals surface area (Å²) in [6.07, 6.45) is -0.847. The summed E-state index contributed by atoms with van der Waals surface area (Å²) in [7, 11) is 0. The SMILES string of the molecule is C[C@H](O)c1cc([N+](=O)[O-])c(Oc2ccc(F)cc2Cl)s1. The van der Waals surface area contributed by atoms with Crippen LogP contribution in [-0.4, -0.2) is 10.0 Å². The van der Waals surface area contributed by atoms with Crippen LogP contribution in [0.2, 0.25) is 5.02 Å². The molecule has 1 aromatic heterocycles. The summed E-state index contributed by atoms with van der Waals surface area (Å²) >= 11 is 6.74. The molecule has 1 aromatic carbocycles.